The fourth-order valence-corrected chi connectivity index (χ4v) is 4.48. The molecule has 0 saturated heterocycles. The first kappa shape index (κ1) is 19.9. The fraction of sp³-hybridized carbons (Fsp3) is 0.318. The minimum absolute atomic E-state index is 0.170. The number of nitrogens with zero attached hydrogens (tertiary/aromatic N) is 2. The molecule has 1 atom stereocenters. The average molecular weight is 431 g/mol. The van der Waals surface area contributed by atoms with Crippen LogP contribution in [0.5, 0.6) is 0 Å². The Hall–Kier alpha value is -2.37. The lowest BCUT2D eigenvalue weighted by atomic mass is 9.96. The summed E-state index contributed by atoms with van der Waals surface area (Å²) in [6.45, 7) is 3.82. The second-order valence-corrected chi connectivity index (χ2v) is 8.87. The van der Waals surface area contributed by atoms with Gasteiger partial charge in [-0.25, -0.2) is 4.79 Å². The summed E-state index contributed by atoms with van der Waals surface area (Å²) in [5, 5.41) is 10.1. The predicted octanol–water partition coefficient (Wildman–Crippen LogP) is 5.21. The Morgan fingerprint density at radius 2 is 1.72 bits per heavy atom. The van der Waals surface area contributed by atoms with Crippen LogP contribution in [0, 0.1) is 5.92 Å². The van der Waals surface area contributed by atoms with E-state index in [0.717, 1.165) is 18.4 Å². The number of aromatic carboxylic acids is 1. The van der Waals surface area contributed by atoms with Crippen LogP contribution in [0.2, 0.25) is 10.0 Å². The summed E-state index contributed by atoms with van der Waals surface area (Å²) in [6.07, 6.45) is 2.03. The largest absolute Gasteiger partial charge is 0.478 e. The Labute approximate surface area is 179 Å². The van der Waals surface area contributed by atoms with Gasteiger partial charge in [-0.1, -0.05) is 35.3 Å². The van der Waals surface area contributed by atoms with Gasteiger partial charge in [-0.2, -0.15) is 0 Å². The van der Waals surface area contributed by atoms with Gasteiger partial charge < -0.3 is 10.0 Å². The van der Waals surface area contributed by atoms with E-state index in [0.29, 0.717) is 27.2 Å². The van der Waals surface area contributed by atoms with Crippen molar-refractivity contribution in [3.8, 4) is 0 Å². The number of hydrogen-bond donors (Lipinski definition) is 1. The minimum Gasteiger partial charge on any atom is -0.478 e. The Morgan fingerprint density at radius 3 is 2.24 bits per heavy atom. The third-order valence-electron chi connectivity index (χ3n) is 5.38. The Morgan fingerprint density at radius 1 is 1.14 bits per heavy atom. The summed E-state index contributed by atoms with van der Waals surface area (Å²) in [4.78, 5) is 31.2. The number of benzene rings is 2. The minimum atomic E-state index is -0.972. The number of carbonyl (C=O) groups excluding carboxylic acids is 1. The van der Waals surface area contributed by atoms with Crippen molar-refractivity contribution in [3.05, 3.63) is 69.2 Å². The zero-order chi connectivity index (χ0) is 20.9. The highest BCUT2D eigenvalue weighted by molar-refractivity contribution is 6.47. The Kier molecular flexibility index (Phi) is 4.91. The lowest BCUT2D eigenvalue weighted by Gasteiger charge is -2.37. The first-order valence-corrected chi connectivity index (χ1v) is 10.2. The van der Waals surface area contributed by atoms with Crippen molar-refractivity contribution < 1.29 is 14.7 Å². The van der Waals surface area contributed by atoms with Gasteiger partial charge in [0.25, 0.3) is 5.91 Å². The van der Waals surface area contributed by atoms with Crippen molar-refractivity contribution in [2.75, 3.05) is 0 Å². The summed E-state index contributed by atoms with van der Waals surface area (Å²) in [5.74, 6) is -0.820. The van der Waals surface area contributed by atoms with Crippen molar-refractivity contribution in [1.82, 2.24) is 4.90 Å². The molecule has 2 aliphatic rings. The highest BCUT2D eigenvalue weighted by atomic mass is 35.5. The molecule has 5 nitrogen and oxygen atoms in total. The van der Waals surface area contributed by atoms with Crippen molar-refractivity contribution in [2.24, 2.45) is 10.9 Å². The van der Waals surface area contributed by atoms with Crippen LogP contribution in [0.1, 0.15) is 54.2 Å². The van der Waals surface area contributed by atoms with Crippen LogP contribution in [-0.4, -0.2) is 33.3 Å². The van der Waals surface area contributed by atoms with E-state index in [1.807, 2.05) is 18.7 Å². The van der Waals surface area contributed by atoms with Gasteiger partial charge in [0.1, 0.15) is 11.4 Å². The number of carboxylic acid groups (broad SMARTS) is 1. The highest BCUT2D eigenvalue weighted by Gasteiger charge is 2.49. The number of carbonyl (C=O) groups is 2. The molecule has 1 unspecified atom stereocenters. The zero-order valence-electron chi connectivity index (χ0n) is 16.0. The van der Waals surface area contributed by atoms with Crippen molar-refractivity contribution in [1.29, 1.82) is 0 Å². The van der Waals surface area contributed by atoms with Gasteiger partial charge in [0.05, 0.1) is 11.6 Å². The predicted molar refractivity (Wildman–Crippen MR) is 113 cm³/mol. The van der Waals surface area contributed by atoms with Gasteiger partial charge in [0.15, 0.2) is 0 Å². The summed E-state index contributed by atoms with van der Waals surface area (Å²) >= 11 is 12.3. The molecule has 1 aliphatic carbocycles. The number of rotatable bonds is 5. The molecule has 1 saturated carbocycles. The lowest BCUT2D eigenvalue weighted by Crippen LogP contribution is -2.46. The maximum absolute atomic E-state index is 13.5. The number of carboxylic acids is 1. The molecule has 1 N–H and O–H groups in total. The monoisotopic (exact) mass is 430 g/mol. The molecular formula is C22H20Cl2N2O3. The maximum atomic E-state index is 13.5. The molecule has 0 spiro atoms. The van der Waals surface area contributed by atoms with Crippen LogP contribution in [0.15, 0.2) is 47.5 Å². The van der Waals surface area contributed by atoms with Crippen LogP contribution in [-0.2, 0) is 4.79 Å². The van der Waals surface area contributed by atoms with Gasteiger partial charge in [0, 0.05) is 15.6 Å². The lowest BCUT2D eigenvalue weighted by molar-refractivity contribution is -0.130. The van der Waals surface area contributed by atoms with Gasteiger partial charge in [-0.05, 0) is 68.5 Å². The number of halogens is 2. The molecule has 0 radical (unpaired) electrons. The second-order valence-electron chi connectivity index (χ2n) is 8.00. The molecular weight excluding hydrogens is 411 g/mol. The van der Waals surface area contributed by atoms with Crippen molar-refractivity contribution in [3.63, 3.8) is 0 Å². The van der Waals surface area contributed by atoms with Gasteiger partial charge >= 0.3 is 5.97 Å². The van der Waals surface area contributed by atoms with E-state index in [1.54, 1.807) is 42.5 Å². The molecule has 2 aromatic rings. The van der Waals surface area contributed by atoms with Crippen LogP contribution < -0.4 is 0 Å². The summed E-state index contributed by atoms with van der Waals surface area (Å²) < 4.78 is 0. The number of hydrogen-bond acceptors (Lipinski definition) is 3. The van der Waals surface area contributed by atoms with Gasteiger partial charge in [-0.3, -0.25) is 9.79 Å². The molecule has 0 aromatic heterocycles. The topological polar surface area (TPSA) is 70.0 Å². The molecule has 1 amide bonds. The molecule has 4 rings (SSSR count). The van der Waals surface area contributed by atoms with Crippen LogP contribution in [0.3, 0.4) is 0 Å². The Bertz CT molecular complexity index is 1010. The first-order valence-electron chi connectivity index (χ1n) is 9.40. The molecule has 1 heterocycles. The second kappa shape index (κ2) is 7.15. The smallest absolute Gasteiger partial charge is 0.335 e. The third kappa shape index (κ3) is 3.77. The summed E-state index contributed by atoms with van der Waals surface area (Å²) in [6, 6.07) is 11.6. The maximum Gasteiger partial charge on any atom is 0.335 e. The number of amides is 1. The fourth-order valence-electron chi connectivity index (χ4n) is 3.95. The Balaban J connectivity index is 1.73. The standard InChI is InChI=1S/C22H20Cl2N2O3/c1-22(2)25-18(15-9-16(23)11-17(24)10-15)20(27)26(22)19(12-3-4-12)13-5-7-14(8-6-13)21(28)29/h5-12,19H,3-4H2,1-2H3,(H,28,29). The van der Waals surface area contributed by atoms with E-state index in [4.69, 9.17) is 28.2 Å². The van der Waals surface area contributed by atoms with Crippen LogP contribution >= 0.6 is 23.2 Å². The van der Waals surface area contributed by atoms with E-state index < -0.39 is 11.6 Å². The normalized spacial score (nSPS) is 19.2. The van der Waals surface area contributed by atoms with Crippen LogP contribution in [0.25, 0.3) is 0 Å². The zero-order valence-corrected chi connectivity index (χ0v) is 17.5. The third-order valence-corrected chi connectivity index (χ3v) is 5.81. The summed E-state index contributed by atoms with van der Waals surface area (Å²) in [5.41, 5.74) is 1.33. The molecule has 29 heavy (non-hydrogen) atoms. The van der Waals surface area contributed by atoms with E-state index in [-0.39, 0.29) is 17.5 Å². The molecule has 1 fully saturated rings. The summed E-state index contributed by atoms with van der Waals surface area (Å²) in [7, 11) is 0. The van der Waals surface area contributed by atoms with E-state index in [2.05, 4.69) is 0 Å². The molecule has 2 aromatic carbocycles. The van der Waals surface area contributed by atoms with E-state index in [9.17, 15) is 14.7 Å². The van der Waals surface area contributed by atoms with E-state index >= 15 is 0 Å². The van der Waals surface area contributed by atoms with E-state index in [1.165, 1.54) is 0 Å². The first-order chi connectivity index (χ1) is 13.7. The average Bonchev–Trinajstić information content (AvgIpc) is 3.44. The number of aliphatic imine (C=N–C) groups is 1. The van der Waals surface area contributed by atoms with Gasteiger partial charge in [0.2, 0.25) is 0 Å². The highest BCUT2D eigenvalue weighted by Crippen LogP contribution is 2.48. The quantitative estimate of drug-likeness (QED) is 0.707. The van der Waals surface area contributed by atoms with Gasteiger partial charge in [-0.15, -0.1) is 0 Å². The van der Waals surface area contributed by atoms with Crippen molar-refractivity contribution in [2.45, 2.75) is 38.4 Å². The SMILES string of the molecule is CC1(C)N=C(c2cc(Cl)cc(Cl)c2)C(=O)N1C(c1ccc(C(=O)O)cc1)C1CC1. The molecule has 150 valence electrons. The molecule has 0 bridgehead atoms. The van der Waals surface area contributed by atoms with Crippen molar-refractivity contribution >= 4 is 40.8 Å². The van der Waals surface area contributed by atoms with Crippen LogP contribution in [0.4, 0.5) is 0 Å². The molecule has 7 heteroatoms. The molecule has 1 aliphatic heterocycles.